The van der Waals surface area contributed by atoms with Crippen molar-refractivity contribution in [2.75, 3.05) is 13.1 Å². The first-order valence-corrected chi connectivity index (χ1v) is 10.4. The Hall–Kier alpha value is -1.79. The number of nitrogens with one attached hydrogen (secondary N) is 1. The van der Waals surface area contributed by atoms with E-state index < -0.39 is 26.2 Å². The molecule has 0 atom stereocenters. The van der Waals surface area contributed by atoms with Crippen LogP contribution < -0.4 is 5.32 Å². The van der Waals surface area contributed by atoms with E-state index in [9.17, 15) is 17.2 Å². The minimum absolute atomic E-state index is 0.197. The van der Waals surface area contributed by atoms with E-state index in [0.717, 1.165) is 32.0 Å². The maximum atomic E-state index is 13.9. The fraction of sp³-hybridized carbons (Fsp3) is 0.400. The number of benzene rings is 2. The van der Waals surface area contributed by atoms with Gasteiger partial charge in [0.15, 0.2) is 9.84 Å². The minimum atomic E-state index is -3.42. The third kappa shape index (κ3) is 2.85. The molecule has 26 heavy (non-hydrogen) atoms. The highest BCUT2D eigenvalue weighted by atomic mass is 32.2. The van der Waals surface area contributed by atoms with Crippen molar-refractivity contribution in [3.8, 4) is 11.1 Å². The predicted molar refractivity (Wildman–Crippen MR) is 96.5 cm³/mol. The number of hydrogen-bond donors (Lipinski definition) is 1. The smallest absolute Gasteiger partial charge is 0.184 e. The van der Waals surface area contributed by atoms with Gasteiger partial charge in [0, 0.05) is 11.6 Å². The van der Waals surface area contributed by atoms with Crippen molar-refractivity contribution in [2.24, 2.45) is 5.92 Å². The molecule has 2 aromatic rings. The summed E-state index contributed by atoms with van der Waals surface area (Å²) < 4.78 is 52.9. The van der Waals surface area contributed by atoms with Crippen LogP contribution in [0.4, 0.5) is 8.78 Å². The molecule has 138 valence electrons. The Morgan fingerprint density at radius 2 is 1.62 bits per heavy atom. The Morgan fingerprint density at radius 1 is 0.962 bits per heavy atom. The third-order valence-electron chi connectivity index (χ3n) is 5.77. The van der Waals surface area contributed by atoms with Gasteiger partial charge in [-0.3, -0.25) is 0 Å². The summed E-state index contributed by atoms with van der Waals surface area (Å²) in [7, 11) is -3.42. The molecular formula is C20H21F2NO2S. The molecule has 1 N–H and O–H groups in total. The van der Waals surface area contributed by atoms with Crippen molar-refractivity contribution in [1.82, 2.24) is 5.32 Å². The third-order valence-corrected chi connectivity index (χ3v) is 8.47. The summed E-state index contributed by atoms with van der Waals surface area (Å²) in [5.74, 6) is -1.10. The van der Waals surface area contributed by atoms with Crippen molar-refractivity contribution in [1.29, 1.82) is 0 Å². The van der Waals surface area contributed by atoms with Gasteiger partial charge < -0.3 is 5.32 Å². The van der Waals surface area contributed by atoms with Gasteiger partial charge in [-0.15, -0.1) is 0 Å². The monoisotopic (exact) mass is 377 g/mol. The van der Waals surface area contributed by atoms with E-state index >= 15 is 0 Å². The van der Waals surface area contributed by atoms with Gasteiger partial charge in [0.2, 0.25) is 0 Å². The number of halogens is 2. The molecular weight excluding hydrogens is 356 g/mol. The van der Waals surface area contributed by atoms with Gasteiger partial charge >= 0.3 is 0 Å². The molecule has 1 aliphatic carbocycles. The standard InChI is InChI=1S/C20H21F2NO2S/c21-16-3-6-18(19(22)13-16)14-1-4-17(5-2-14)26(24,25)20(9-10-20)15-7-11-23-12-8-15/h1-6,13,15,23H,7-12H2. The van der Waals surface area contributed by atoms with E-state index in [1.165, 1.54) is 12.1 Å². The van der Waals surface area contributed by atoms with Crippen molar-refractivity contribution in [3.63, 3.8) is 0 Å². The van der Waals surface area contributed by atoms with E-state index in [2.05, 4.69) is 5.32 Å². The molecule has 2 fully saturated rings. The molecule has 0 radical (unpaired) electrons. The molecule has 2 aromatic carbocycles. The molecule has 6 heteroatoms. The van der Waals surface area contributed by atoms with Gasteiger partial charge in [0.05, 0.1) is 9.64 Å². The Labute approximate surface area is 152 Å². The van der Waals surface area contributed by atoms with Crippen LogP contribution in [-0.4, -0.2) is 26.3 Å². The van der Waals surface area contributed by atoms with Crippen molar-refractivity contribution in [2.45, 2.75) is 35.3 Å². The maximum absolute atomic E-state index is 13.9. The van der Waals surface area contributed by atoms with E-state index in [-0.39, 0.29) is 11.5 Å². The quantitative estimate of drug-likeness (QED) is 0.878. The summed E-state index contributed by atoms with van der Waals surface area (Å²) in [4.78, 5) is 0.291. The number of piperidine rings is 1. The molecule has 0 aromatic heterocycles. The second-order valence-electron chi connectivity index (χ2n) is 7.24. The van der Waals surface area contributed by atoms with Crippen LogP contribution >= 0.6 is 0 Å². The summed E-state index contributed by atoms with van der Waals surface area (Å²) in [5, 5.41) is 3.28. The maximum Gasteiger partial charge on any atom is 0.184 e. The zero-order valence-electron chi connectivity index (χ0n) is 14.3. The fourth-order valence-corrected chi connectivity index (χ4v) is 6.42. The molecule has 1 saturated carbocycles. The van der Waals surface area contributed by atoms with Crippen LogP contribution in [0.1, 0.15) is 25.7 Å². The molecule has 0 bridgehead atoms. The summed E-state index contributed by atoms with van der Waals surface area (Å²) in [5.41, 5.74) is 0.794. The van der Waals surface area contributed by atoms with Crippen LogP contribution in [0, 0.1) is 17.6 Å². The predicted octanol–water partition coefficient (Wildman–Crippen LogP) is 3.94. The van der Waals surface area contributed by atoms with Crippen molar-refractivity contribution < 1.29 is 17.2 Å². The molecule has 2 aliphatic rings. The van der Waals surface area contributed by atoms with Gasteiger partial charge in [-0.25, -0.2) is 17.2 Å². The molecule has 4 rings (SSSR count). The highest BCUT2D eigenvalue weighted by Crippen LogP contribution is 2.54. The molecule has 0 unspecified atom stereocenters. The topological polar surface area (TPSA) is 46.2 Å². The van der Waals surface area contributed by atoms with E-state index in [1.54, 1.807) is 24.3 Å². The van der Waals surface area contributed by atoms with Gasteiger partial charge in [0.1, 0.15) is 11.6 Å². The average Bonchev–Trinajstić information content (AvgIpc) is 3.45. The lowest BCUT2D eigenvalue weighted by Gasteiger charge is -2.30. The molecule has 0 amide bonds. The summed E-state index contributed by atoms with van der Waals surface area (Å²) in [6.45, 7) is 1.73. The van der Waals surface area contributed by atoms with Crippen LogP contribution in [0.3, 0.4) is 0 Å². The van der Waals surface area contributed by atoms with E-state index in [4.69, 9.17) is 0 Å². The summed E-state index contributed by atoms with van der Waals surface area (Å²) in [6.07, 6.45) is 3.21. The van der Waals surface area contributed by atoms with Gasteiger partial charge in [0.25, 0.3) is 0 Å². The van der Waals surface area contributed by atoms with Crippen LogP contribution in [0.15, 0.2) is 47.4 Å². The van der Waals surface area contributed by atoms with Crippen molar-refractivity contribution in [3.05, 3.63) is 54.1 Å². The largest absolute Gasteiger partial charge is 0.317 e. The molecule has 3 nitrogen and oxygen atoms in total. The second-order valence-corrected chi connectivity index (χ2v) is 9.53. The second kappa shape index (κ2) is 6.43. The first-order chi connectivity index (χ1) is 12.4. The number of sulfone groups is 1. The lowest BCUT2D eigenvalue weighted by atomic mass is 9.92. The highest BCUT2D eigenvalue weighted by Gasteiger charge is 2.59. The summed E-state index contributed by atoms with van der Waals surface area (Å²) in [6, 6.07) is 9.69. The lowest BCUT2D eigenvalue weighted by molar-refractivity contribution is 0.345. The average molecular weight is 377 g/mol. The molecule has 1 aliphatic heterocycles. The van der Waals surface area contributed by atoms with E-state index in [1.807, 2.05) is 0 Å². The highest BCUT2D eigenvalue weighted by molar-refractivity contribution is 7.93. The van der Waals surface area contributed by atoms with E-state index in [0.29, 0.717) is 23.3 Å². The minimum Gasteiger partial charge on any atom is -0.317 e. The fourth-order valence-electron chi connectivity index (χ4n) is 4.14. The first-order valence-electron chi connectivity index (χ1n) is 8.95. The Balaban J connectivity index is 1.64. The number of hydrogen-bond acceptors (Lipinski definition) is 3. The van der Waals surface area contributed by atoms with Crippen LogP contribution in [0.5, 0.6) is 0 Å². The normalized spacial score (nSPS) is 20.1. The van der Waals surface area contributed by atoms with Gasteiger partial charge in [-0.1, -0.05) is 12.1 Å². The van der Waals surface area contributed by atoms with Crippen molar-refractivity contribution >= 4 is 9.84 Å². The Morgan fingerprint density at radius 3 is 2.19 bits per heavy atom. The lowest BCUT2D eigenvalue weighted by Crippen LogP contribution is -2.39. The zero-order chi connectivity index (χ0) is 18.4. The summed E-state index contributed by atoms with van der Waals surface area (Å²) >= 11 is 0. The van der Waals surface area contributed by atoms with Crippen LogP contribution in [-0.2, 0) is 9.84 Å². The first kappa shape index (κ1) is 17.6. The van der Waals surface area contributed by atoms with Crippen LogP contribution in [0.2, 0.25) is 0 Å². The van der Waals surface area contributed by atoms with Gasteiger partial charge in [-0.05, 0) is 74.5 Å². The van der Waals surface area contributed by atoms with Crippen LogP contribution in [0.25, 0.3) is 11.1 Å². The number of rotatable bonds is 4. The SMILES string of the molecule is O=S(=O)(c1ccc(-c2ccc(F)cc2F)cc1)C1(C2CCNCC2)CC1. The molecule has 1 heterocycles. The Bertz CT molecular complexity index is 915. The van der Waals surface area contributed by atoms with Gasteiger partial charge in [-0.2, -0.15) is 0 Å². The Kier molecular flexibility index (Phi) is 4.35. The molecule has 1 saturated heterocycles. The molecule has 0 spiro atoms. The zero-order valence-corrected chi connectivity index (χ0v) is 15.2.